The molecule has 5 aliphatic carbocycles. The van der Waals surface area contributed by atoms with Gasteiger partial charge in [0.1, 0.15) is 0 Å². The molecule has 39 heavy (non-hydrogen) atoms. The van der Waals surface area contributed by atoms with Crippen molar-refractivity contribution >= 4 is 0 Å². The van der Waals surface area contributed by atoms with Gasteiger partial charge in [0.2, 0.25) is 0 Å². The Morgan fingerprint density at radius 1 is 1.00 bits per heavy atom. The summed E-state index contributed by atoms with van der Waals surface area (Å²) in [6, 6.07) is 0. The Labute approximate surface area is 236 Å². The molecule has 0 radical (unpaired) electrons. The molecule has 1 aliphatic heterocycles. The van der Waals surface area contributed by atoms with Crippen molar-refractivity contribution < 1.29 is 25.2 Å². The van der Waals surface area contributed by atoms with Gasteiger partial charge in [-0.2, -0.15) is 0 Å². The van der Waals surface area contributed by atoms with Gasteiger partial charge < -0.3 is 25.2 Å². The highest BCUT2D eigenvalue weighted by Gasteiger charge is 2.67. The van der Waals surface area contributed by atoms with Crippen molar-refractivity contribution in [3.05, 3.63) is 12.2 Å². The fourth-order valence-corrected chi connectivity index (χ4v) is 11.1. The highest BCUT2D eigenvalue weighted by atomic mass is 16.6. The lowest BCUT2D eigenvalue weighted by Gasteiger charge is -2.58. The van der Waals surface area contributed by atoms with Crippen LogP contribution in [0.3, 0.4) is 0 Å². The minimum Gasteiger partial charge on any atom is -0.393 e. The molecule has 5 nitrogen and oxygen atoms in total. The van der Waals surface area contributed by atoms with Gasteiger partial charge in [-0.15, -0.1) is 0 Å². The summed E-state index contributed by atoms with van der Waals surface area (Å²) in [7, 11) is 0. The van der Waals surface area contributed by atoms with Crippen molar-refractivity contribution in [2.24, 2.45) is 40.4 Å². The first-order valence-corrected chi connectivity index (χ1v) is 16.5. The largest absolute Gasteiger partial charge is 0.393 e. The molecule has 6 fully saturated rings. The number of aliphatic hydroxyl groups excluding tert-OH is 3. The zero-order valence-corrected chi connectivity index (χ0v) is 24.9. The topological polar surface area (TPSA) is 93.5 Å². The number of aliphatic hydroxyl groups is 4. The summed E-state index contributed by atoms with van der Waals surface area (Å²) in [6.45, 7) is 11.4. The second-order valence-electron chi connectivity index (χ2n) is 16.1. The zero-order valence-electron chi connectivity index (χ0n) is 24.9. The van der Waals surface area contributed by atoms with E-state index in [9.17, 15) is 20.4 Å². The number of hydrogen-bond acceptors (Lipinski definition) is 5. The third kappa shape index (κ3) is 5.09. The maximum absolute atomic E-state index is 11.1. The lowest BCUT2D eigenvalue weighted by Crippen LogP contribution is -2.51. The van der Waals surface area contributed by atoms with Gasteiger partial charge in [-0.25, -0.2) is 0 Å². The van der Waals surface area contributed by atoms with Crippen LogP contribution in [0.4, 0.5) is 0 Å². The van der Waals surface area contributed by atoms with Crippen molar-refractivity contribution in [1.29, 1.82) is 0 Å². The predicted octanol–water partition coefficient (Wildman–Crippen LogP) is 5.92. The molecule has 0 aromatic heterocycles. The molecule has 6 aliphatic rings. The van der Waals surface area contributed by atoms with Crippen LogP contribution in [-0.2, 0) is 4.74 Å². The van der Waals surface area contributed by atoms with Crippen molar-refractivity contribution in [3.8, 4) is 0 Å². The Balaban J connectivity index is 1.12. The molecule has 222 valence electrons. The third-order valence-electron chi connectivity index (χ3n) is 13.4. The summed E-state index contributed by atoms with van der Waals surface area (Å²) in [5.41, 5.74) is 1.29. The van der Waals surface area contributed by atoms with Gasteiger partial charge in [0.25, 0.3) is 0 Å². The van der Waals surface area contributed by atoms with E-state index in [1.165, 1.54) is 44.1 Å². The highest BCUT2D eigenvalue weighted by molar-refractivity contribution is 5.23. The van der Waals surface area contributed by atoms with Crippen LogP contribution < -0.4 is 0 Å². The van der Waals surface area contributed by atoms with E-state index in [0.29, 0.717) is 41.6 Å². The van der Waals surface area contributed by atoms with Crippen LogP contribution in [-0.4, -0.2) is 56.0 Å². The quantitative estimate of drug-likeness (QED) is 0.246. The monoisotopic (exact) mass is 544 g/mol. The fourth-order valence-electron chi connectivity index (χ4n) is 11.1. The Morgan fingerprint density at radius 3 is 2.54 bits per heavy atom. The van der Waals surface area contributed by atoms with Crippen LogP contribution in [0.25, 0.3) is 0 Å². The summed E-state index contributed by atoms with van der Waals surface area (Å²) in [5, 5.41) is 41.8. The molecule has 0 aromatic carbocycles. The van der Waals surface area contributed by atoms with E-state index >= 15 is 0 Å². The minimum atomic E-state index is -0.672. The number of fused-ring (bicyclic) bond motifs is 3. The standard InChI is InChI=1S/C34H56O5/c1-21-17-33(14-9-23(18-33)10-15-34(38)12-5-6-26(36)19-34)30-32(4,39-30)13-11-28-27(21)20-31(28,3)25-8-7-24(16-25)29(37)22(2)35/h22-30,35-38H,1,5-20H2,2-4H3/t22-,23-,24-,25+,26+,27+,28+,29-,30+,31+,32+,33+,34-/m0/s1. The minimum absolute atomic E-state index is 0.00698. The average Bonchev–Trinajstić information content (AvgIpc) is 3.21. The normalized spacial score (nSPS) is 53.2. The number of allylic oxidation sites excluding steroid dienone is 1. The molecular formula is C34H56O5. The molecule has 1 saturated heterocycles. The molecule has 1 heterocycles. The van der Waals surface area contributed by atoms with Gasteiger partial charge in [0.05, 0.1) is 35.6 Å². The average molecular weight is 545 g/mol. The van der Waals surface area contributed by atoms with Gasteiger partial charge in [-0.1, -0.05) is 19.1 Å². The third-order valence-corrected chi connectivity index (χ3v) is 13.4. The summed E-state index contributed by atoms with van der Waals surface area (Å²) in [5.74, 6) is 2.75. The Kier molecular flexibility index (Phi) is 7.40. The predicted molar refractivity (Wildman–Crippen MR) is 153 cm³/mol. The van der Waals surface area contributed by atoms with Crippen LogP contribution in [0.2, 0.25) is 0 Å². The van der Waals surface area contributed by atoms with E-state index in [1.54, 1.807) is 6.92 Å². The molecule has 5 heteroatoms. The van der Waals surface area contributed by atoms with Crippen LogP contribution >= 0.6 is 0 Å². The molecule has 6 rings (SSSR count). The van der Waals surface area contributed by atoms with Crippen molar-refractivity contribution in [3.63, 3.8) is 0 Å². The number of epoxide rings is 1. The second-order valence-corrected chi connectivity index (χ2v) is 16.1. The van der Waals surface area contributed by atoms with E-state index in [-0.39, 0.29) is 23.0 Å². The first kappa shape index (κ1) is 28.6. The van der Waals surface area contributed by atoms with Gasteiger partial charge in [-0.3, -0.25) is 0 Å². The van der Waals surface area contributed by atoms with Crippen molar-refractivity contribution in [1.82, 2.24) is 0 Å². The molecule has 1 spiro atoms. The smallest absolute Gasteiger partial charge is 0.0930 e. The number of hydrogen-bond donors (Lipinski definition) is 4. The van der Waals surface area contributed by atoms with E-state index < -0.39 is 17.8 Å². The van der Waals surface area contributed by atoms with Crippen molar-refractivity contribution in [2.75, 3.05) is 0 Å². The molecule has 0 aromatic rings. The Hall–Kier alpha value is -0.460. The summed E-state index contributed by atoms with van der Waals surface area (Å²) < 4.78 is 6.64. The SMILES string of the molecule is C=C1C[C@@]2(CC[C@@H](CC[C@@]3(O)CCC[C@@H](O)C3)C2)[C@@H]2O[C@]2(C)CC[C@@H]2[C@@H]1C[C@]2(C)[C@@H]1CC[C@H]([C@@H](O)[C@H](C)O)C1. The lowest BCUT2D eigenvalue weighted by atomic mass is 9.46. The van der Waals surface area contributed by atoms with Gasteiger partial charge in [-0.05, 0) is 145 Å². The molecular weight excluding hydrogens is 488 g/mol. The summed E-state index contributed by atoms with van der Waals surface area (Å²) >= 11 is 0. The second kappa shape index (κ2) is 10.1. The first-order chi connectivity index (χ1) is 18.4. The van der Waals surface area contributed by atoms with E-state index in [0.717, 1.165) is 57.8 Å². The molecule has 0 amide bonds. The van der Waals surface area contributed by atoms with Gasteiger partial charge >= 0.3 is 0 Å². The van der Waals surface area contributed by atoms with E-state index in [2.05, 4.69) is 13.8 Å². The molecule has 5 saturated carbocycles. The first-order valence-electron chi connectivity index (χ1n) is 16.5. The maximum atomic E-state index is 11.1. The molecule has 0 unspecified atom stereocenters. The lowest BCUT2D eigenvalue weighted by molar-refractivity contribution is -0.0736. The highest BCUT2D eigenvalue weighted by Crippen LogP contribution is 2.69. The van der Waals surface area contributed by atoms with Gasteiger partial charge in [0.15, 0.2) is 0 Å². The Morgan fingerprint density at radius 2 is 1.79 bits per heavy atom. The van der Waals surface area contributed by atoms with E-state index in [4.69, 9.17) is 11.3 Å². The van der Waals surface area contributed by atoms with Crippen LogP contribution in [0.1, 0.15) is 124 Å². The number of rotatable bonds is 6. The van der Waals surface area contributed by atoms with Crippen LogP contribution in [0.5, 0.6) is 0 Å². The van der Waals surface area contributed by atoms with E-state index in [1.807, 2.05) is 0 Å². The molecule has 0 bridgehead atoms. The molecule has 4 N–H and O–H groups in total. The molecule has 13 atom stereocenters. The summed E-state index contributed by atoms with van der Waals surface area (Å²) in [6.07, 6.45) is 15.4. The summed E-state index contributed by atoms with van der Waals surface area (Å²) in [4.78, 5) is 0. The zero-order chi connectivity index (χ0) is 27.8. The number of ether oxygens (including phenoxy) is 1. The van der Waals surface area contributed by atoms with Crippen molar-refractivity contribution in [2.45, 2.75) is 159 Å². The fraction of sp³-hybridized carbons (Fsp3) is 0.941. The van der Waals surface area contributed by atoms with Crippen LogP contribution in [0.15, 0.2) is 12.2 Å². The van der Waals surface area contributed by atoms with Gasteiger partial charge in [0, 0.05) is 11.8 Å². The maximum Gasteiger partial charge on any atom is 0.0930 e. The van der Waals surface area contributed by atoms with Crippen LogP contribution in [0, 0.1) is 40.4 Å². The Bertz CT molecular complexity index is 935.